The highest BCUT2D eigenvalue weighted by Gasteiger charge is 2.17. The number of hydrogen-bond acceptors (Lipinski definition) is 3. The lowest BCUT2D eigenvalue weighted by Gasteiger charge is -2.09. The number of benzene rings is 1. The lowest BCUT2D eigenvalue weighted by Crippen LogP contribution is -2.24. The fourth-order valence-corrected chi connectivity index (χ4v) is 3.83. The molecule has 2 rings (SSSR count). The highest BCUT2D eigenvalue weighted by molar-refractivity contribution is 9.10. The zero-order chi connectivity index (χ0) is 14.0. The summed E-state index contributed by atoms with van der Waals surface area (Å²) in [5.41, 5.74) is 1.80. The molecular weight excluding hydrogens is 330 g/mol. The molecule has 0 bridgehead atoms. The van der Waals surface area contributed by atoms with Crippen molar-refractivity contribution in [2.24, 2.45) is 7.05 Å². The van der Waals surface area contributed by atoms with E-state index < -0.39 is 10.0 Å². The Kier molecular flexibility index (Phi) is 4.07. The zero-order valence-corrected chi connectivity index (χ0v) is 13.0. The van der Waals surface area contributed by atoms with Gasteiger partial charge in [0.25, 0.3) is 0 Å². The maximum atomic E-state index is 12.2. The molecule has 1 aromatic heterocycles. The predicted molar refractivity (Wildman–Crippen MR) is 76.1 cm³/mol. The van der Waals surface area contributed by atoms with Gasteiger partial charge in [0, 0.05) is 17.7 Å². The molecule has 0 fully saturated rings. The average molecular weight is 344 g/mol. The lowest BCUT2D eigenvalue weighted by molar-refractivity contribution is 0.576. The van der Waals surface area contributed by atoms with Crippen molar-refractivity contribution in [2.45, 2.75) is 18.4 Å². The summed E-state index contributed by atoms with van der Waals surface area (Å²) in [6.45, 7) is 2.11. The summed E-state index contributed by atoms with van der Waals surface area (Å²) in [6, 6.07) is 6.90. The van der Waals surface area contributed by atoms with E-state index in [4.69, 9.17) is 0 Å². The van der Waals surface area contributed by atoms with E-state index in [2.05, 4.69) is 25.8 Å². The van der Waals surface area contributed by atoms with Crippen LogP contribution in [-0.2, 0) is 23.6 Å². The van der Waals surface area contributed by atoms with E-state index in [1.165, 1.54) is 0 Å². The van der Waals surface area contributed by atoms with Crippen molar-refractivity contribution in [3.8, 4) is 0 Å². The second-order valence-corrected chi connectivity index (χ2v) is 6.79. The Bertz CT molecular complexity index is 695. The molecule has 0 amide bonds. The quantitative estimate of drug-likeness (QED) is 0.922. The van der Waals surface area contributed by atoms with E-state index in [9.17, 15) is 8.42 Å². The van der Waals surface area contributed by atoms with Gasteiger partial charge in [0.15, 0.2) is 0 Å². The minimum absolute atomic E-state index is 0.207. The van der Waals surface area contributed by atoms with E-state index in [-0.39, 0.29) is 11.4 Å². The van der Waals surface area contributed by atoms with Crippen molar-refractivity contribution in [1.82, 2.24) is 14.5 Å². The Morgan fingerprint density at radius 3 is 2.68 bits per heavy atom. The smallest absolute Gasteiger partial charge is 0.242 e. The Morgan fingerprint density at radius 1 is 1.37 bits per heavy atom. The first-order valence-electron chi connectivity index (χ1n) is 5.63. The third kappa shape index (κ3) is 3.23. The largest absolute Gasteiger partial charge is 0.271 e. The van der Waals surface area contributed by atoms with Gasteiger partial charge in [-0.1, -0.05) is 6.07 Å². The standard InChI is InChI=1S/C12H14BrN3O2S/c1-9-3-4-12(11(13)7-9)19(17,18)15-8-10-5-6-14-16(10)2/h3-7,15H,8H2,1-2H3. The van der Waals surface area contributed by atoms with Crippen LogP contribution in [0.15, 0.2) is 39.8 Å². The number of nitrogens with zero attached hydrogens (tertiary/aromatic N) is 2. The van der Waals surface area contributed by atoms with Crippen LogP contribution in [-0.4, -0.2) is 18.2 Å². The van der Waals surface area contributed by atoms with E-state index in [1.807, 2.05) is 6.92 Å². The molecule has 1 heterocycles. The van der Waals surface area contributed by atoms with Crippen LogP contribution in [0.5, 0.6) is 0 Å². The number of aromatic nitrogens is 2. The molecule has 1 aromatic carbocycles. The lowest BCUT2D eigenvalue weighted by atomic mass is 10.2. The van der Waals surface area contributed by atoms with Gasteiger partial charge in [0.05, 0.1) is 17.1 Å². The van der Waals surface area contributed by atoms with Crippen molar-refractivity contribution in [3.05, 3.63) is 46.2 Å². The summed E-state index contributed by atoms with van der Waals surface area (Å²) in [7, 11) is -1.77. The minimum atomic E-state index is -3.54. The predicted octanol–water partition coefficient (Wildman–Crippen LogP) is 1.97. The number of nitrogens with one attached hydrogen (secondary N) is 1. The number of rotatable bonds is 4. The van der Waals surface area contributed by atoms with Gasteiger partial charge in [0.2, 0.25) is 10.0 Å². The van der Waals surface area contributed by atoms with Crippen LogP contribution in [0.4, 0.5) is 0 Å². The van der Waals surface area contributed by atoms with E-state index in [1.54, 1.807) is 42.2 Å². The van der Waals surface area contributed by atoms with Crippen LogP contribution in [0, 0.1) is 6.92 Å². The van der Waals surface area contributed by atoms with Crippen LogP contribution in [0.25, 0.3) is 0 Å². The van der Waals surface area contributed by atoms with Crippen LogP contribution < -0.4 is 4.72 Å². The first-order valence-corrected chi connectivity index (χ1v) is 7.90. The third-order valence-electron chi connectivity index (χ3n) is 2.74. The maximum absolute atomic E-state index is 12.2. The Balaban J connectivity index is 2.21. The van der Waals surface area contributed by atoms with Gasteiger partial charge in [-0.25, -0.2) is 13.1 Å². The average Bonchev–Trinajstić information content (AvgIpc) is 2.72. The SMILES string of the molecule is Cc1ccc(S(=O)(=O)NCc2ccnn2C)c(Br)c1. The van der Waals surface area contributed by atoms with Crippen molar-refractivity contribution < 1.29 is 8.42 Å². The van der Waals surface area contributed by atoms with Crippen molar-refractivity contribution >= 4 is 26.0 Å². The summed E-state index contributed by atoms with van der Waals surface area (Å²) in [5, 5.41) is 3.99. The molecule has 0 aliphatic rings. The normalized spacial score (nSPS) is 11.7. The Labute approximate surface area is 120 Å². The first kappa shape index (κ1) is 14.2. The molecule has 1 N–H and O–H groups in total. The monoisotopic (exact) mass is 343 g/mol. The fraction of sp³-hybridized carbons (Fsp3) is 0.250. The Morgan fingerprint density at radius 2 is 2.11 bits per heavy atom. The molecule has 102 valence electrons. The topological polar surface area (TPSA) is 64.0 Å². The number of halogens is 1. The summed E-state index contributed by atoms with van der Waals surface area (Å²) in [6.07, 6.45) is 1.63. The Hall–Kier alpha value is -1.18. The summed E-state index contributed by atoms with van der Waals surface area (Å²) in [5.74, 6) is 0. The van der Waals surface area contributed by atoms with Gasteiger partial charge in [0.1, 0.15) is 0 Å². The van der Waals surface area contributed by atoms with Gasteiger partial charge < -0.3 is 0 Å². The molecule has 5 nitrogen and oxygen atoms in total. The van der Waals surface area contributed by atoms with Crippen LogP contribution in [0.2, 0.25) is 0 Å². The molecule has 0 unspecified atom stereocenters. The van der Waals surface area contributed by atoms with Crippen molar-refractivity contribution in [3.63, 3.8) is 0 Å². The molecule has 0 aliphatic heterocycles. The molecular formula is C12H14BrN3O2S. The molecule has 0 aliphatic carbocycles. The summed E-state index contributed by atoms with van der Waals surface area (Å²) < 4.78 is 29.2. The van der Waals surface area contributed by atoms with E-state index >= 15 is 0 Å². The van der Waals surface area contributed by atoms with Crippen LogP contribution >= 0.6 is 15.9 Å². The van der Waals surface area contributed by atoms with Gasteiger partial charge in [-0.05, 0) is 46.6 Å². The molecule has 0 spiro atoms. The van der Waals surface area contributed by atoms with Crippen molar-refractivity contribution in [2.75, 3.05) is 0 Å². The fourth-order valence-electron chi connectivity index (χ4n) is 1.65. The van der Waals surface area contributed by atoms with Crippen LogP contribution in [0.3, 0.4) is 0 Å². The maximum Gasteiger partial charge on any atom is 0.242 e. The van der Waals surface area contributed by atoms with Gasteiger partial charge >= 0.3 is 0 Å². The van der Waals surface area contributed by atoms with Crippen LogP contribution in [0.1, 0.15) is 11.3 Å². The minimum Gasteiger partial charge on any atom is -0.271 e. The third-order valence-corrected chi connectivity index (χ3v) is 5.12. The second-order valence-electron chi connectivity index (χ2n) is 4.20. The first-order chi connectivity index (χ1) is 8.90. The van der Waals surface area contributed by atoms with E-state index in [0.717, 1.165) is 11.3 Å². The summed E-state index contributed by atoms with van der Waals surface area (Å²) in [4.78, 5) is 0.236. The highest BCUT2D eigenvalue weighted by atomic mass is 79.9. The number of sulfonamides is 1. The van der Waals surface area contributed by atoms with Gasteiger partial charge in [-0.3, -0.25) is 4.68 Å². The zero-order valence-electron chi connectivity index (χ0n) is 10.6. The molecule has 2 aromatic rings. The molecule has 0 saturated carbocycles. The van der Waals surface area contributed by atoms with Gasteiger partial charge in [-0.15, -0.1) is 0 Å². The molecule has 0 atom stereocenters. The molecule has 7 heteroatoms. The van der Waals surface area contributed by atoms with Crippen molar-refractivity contribution in [1.29, 1.82) is 0 Å². The number of aryl methyl sites for hydroxylation is 2. The highest BCUT2D eigenvalue weighted by Crippen LogP contribution is 2.22. The second kappa shape index (κ2) is 5.44. The molecule has 19 heavy (non-hydrogen) atoms. The van der Waals surface area contributed by atoms with Gasteiger partial charge in [-0.2, -0.15) is 5.10 Å². The summed E-state index contributed by atoms with van der Waals surface area (Å²) >= 11 is 3.28. The molecule has 0 radical (unpaired) electrons. The van der Waals surface area contributed by atoms with E-state index in [0.29, 0.717) is 4.47 Å². The molecule has 0 saturated heterocycles. The number of hydrogen-bond donors (Lipinski definition) is 1.